The molecule has 10 nitrogen and oxygen atoms in total. The van der Waals surface area contributed by atoms with Gasteiger partial charge in [-0.05, 0) is 0 Å². The van der Waals surface area contributed by atoms with Crippen molar-refractivity contribution in [2.45, 2.75) is 24.9 Å². The number of nitrogens with two attached hydrogens (primary N) is 2. The molecule has 0 aliphatic rings. The molecule has 0 aliphatic carbocycles. The molecule has 8 N–H and O–H groups in total. The standard InChI is InChI=1S/2C4H7NO4.Co/c2*5-2(4(8)9)1-3(6)7;/h2*2H,1,5H2,(H,6,7)(H,8,9);/t2*2-;/m00./s1. The summed E-state index contributed by atoms with van der Waals surface area (Å²) in [5, 5.41) is 32.1. The van der Waals surface area contributed by atoms with Gasteiger partial charge in [-0.3, -0.25) is 19.2 Å². The van der Waals surface area contributed by atoms with Crippen molar-refractivity contribution in [1.82, 2.24) is 0 Å². The first-order chi connectivity index (χ1) is 8.07. The van der Waals surface area contributed by atoms with Crippen molar-refractivity contribution in [3.8, 4) is 0 Å². The van der Waals surface area contributed by atoms with E-state index in [4.69, 9.17) is 31.9 Å². The zero-order valence-corrected chi connectivity index (χ0v) is 10.5. The van der Waals surface area contributed by atoms with E-state index in [0.717, 1.165) is 0 Å². The third-order valence-electron chi connectivity index (χ3n) is 1.42. The van der Waals surface area contributed by atoms with Crippen LogP contribution in [0.3, 0.4) is 0 Å². The second-order valence-electron chi connectivity index (χ2n) is 3.09. The van der Waals surface area contributed by atoms with Crippen LogP contribution in [0.2, 0.25) is 0 Å². The monoisotopic (exact) mass is 325 g/mol. The van der Waals surface area contributed by atoms with E-state index in [-0.39, 0.29) is 16.8 Å². The van der Waals surface area contributed by atoms with E-state index in [1.54, 1.807) is 0 Å². The van der Waals surface area contributed by atoms with Gasteiger partial charge in [-0.15, -0.1) is 0 Å². The van der Waals surface area contributed by atoms with Gasteiger partial charge in [0, 0.05) is 16.8 Å². The van der Waals surface area contributed by atoms with Crippen molar-refractivity contribution < 1.29 is 56.4 Å². The topological polar surface area (TPSA) is 201 Å². The van der Waals surface area contributed by atoms with Crippen LogP contribution in [0.15, 0.2) is 0 Å². The summed E-state index contributed by atoms with van der Waals surface area (Å²) in [6, 6.07) is -2.58. The number of carboxylic acids is 4. The Bertz CT molecular complexity index is 303. The van der Waals surface area contributed by atoms with E-state index in [1.807, 2.05) is 0 Å². The molecule has 0 heterocycles. The summed E-state index contributed by atoms with van der Waals surface area (Å²) in [6.45, 7) is 0. The van der Waals surface area contributed by atoms with Gasteiger partial charge in [0.25, 0.3) is 0 Å². The molecule has 0 saturated heterocycles. The molecule has 0 amide bonds. The molecule has 2 atom stereocenters. The maximum atomic E-state index is 9.85. The molecule has 0 saturated carbocycles. The molecule has 0 rings (SSSR count). The number of rotatable bonds is 6. The van der Waals surface area contributed by atoms with Crippen LogP contribution in [-0.4, -0.2) is 56.4 Å². The Kier molecular flexibility index (Phi) is 13.5. The molecule has 19 heavy (non-hydrogen) atoms. The van der Waals surface area contributed by atoms with Gasteiger partial charge < -0.3 is 31.9 Å². The van der Waals surface area contributed by atoms with Crippen LogP contribution >= 0.6 is 0 Å². The minimum Gasteiger partial charge on any atom is -0.481 e. The van der Waals surface area contributed by atoms with Crippen LogP contribution in [0, 0.1) is 0 Å². The number of hydrogen-bond acceptors (Lipinski definition) is 6. The van der Waals surface area contributed by atoms with Crippen molar-refractivity contribution in [3.63, 3.8) is 0 Å². The Morgan fingerprint density at radius 2 is 0.947 bits per heavy atom. The van der Waals surface area contributed by atoms with Gasteiger partial charge in [-0.2, -0.15) is 0 Å². The molecule has 0 unspecified atom stereocenters. The molecule has 1 radical (unpaired) electrons. The van der Waals surface area contributed by atoms with Crippen LogP contribution < -0.4 is 11.5 Å². The van der Waals surface area contributed by atoms with Gasteiger partial charge in [0.2, 0.25) is 0 Å². The van der Waals surface area contributed by atoms with Gasteiger partial charge >= 0.3 is 23.9 Å². The summed E-state index contributed by atoms with van der Waals surface area (Å²) >= 11 is 0. The summed E-state index contributed by atoms with van der Waals surface area (Å²) in [7, 11) is 0. The quantitative estimate of drug-likeness (QED) is 0.309. The van der Waals surface area contributed by atoms with Crippen LogP contribution in [0.5, 0.6) is 0 Å². The molecule has 0 aromatic heterocycles. The van der Waals surface area contributed by atoms with Gasteiger partial charge in [0.15, 0.2) is 0 Å². The fraction of sp³-hybridized carbons (Fsp3) is 0.500. The van der Waals surface area contributed by atoms with E-state index in [0.29, 0.717) is 0 Å². The van der Waals surface area contributed by atoms with Crippen molar-refractivity contribution in [3.05, 3.63) is 0 Å². The second kappa shape index (κ2) is 11.4. The first kappa shape index (κ1) is 22.5. The number of carboxylic acid groups (broad SMARTS) is 4. The average molecular weight is 325 g/mol. The van der Waals surface area contributed by atoms with Crippen LogP contribution in [0.4, 0.5) is 0 Å². The molecule has 0 aromatic rings. The van der Waals surface area contributed by atoms with E-state index in [9.17, 15) is 19.2 Å². The molecule has 0 spiro atoms. The molecule has 0 aliphatic heterocycles. The van der Waals surface area contributed by atoms with Gasteiger partial charge in [-0.1, -0.05) is 0 Å². The van der Waals surface area contributed by atoms with Crippen LogP contribution in [0.25, 0.3) is 0 Å². The Hall–Kier alpha value is -1.69. The minimum absolute atomic E-state index is 0. The normalized spacial score (nSPS) is 11.9. The van der Waals surface area contributed by atoms with E-state index < -0.39 is 48.8 Å². The summed E-state index contributed by atoms with van der Waals surface area (Å²) in [6.07, 6.45) is -1.06. The molecular formula is C8H14CoN2O8. The maximum absolute atomic E-state index is 9.85. The molecule has 11 heteroatoms. The molecular weight excluding hydrogens is 311 g/mol. The van der Waals surface area contributed by atoms with E-state index >= 15 is 0 Å². The number of hydrogen-bond donors (Lipinski definition) is 6. The van der Waals surface area contributed by atoms with E-state index in [2.05, 4.69) is 0 Å². The van der Waals surface area contributed by atoms with Crippen molar-refractivity contribution in [2.75, 3.05) is 0 Å². The van der Waals surface area contributed by atoms with Gasteiger partial charge in [0.05, 0.1) is 12.8 Å². The minimum atomic E-state index is -1.29. The summed E-state index contributed by atoms with van der Waals surface area (Å²) in [5.74, 6) is -5.00. The van der Waals surface area contributed by atoms with Crippen LogP contribution in [-0.2, 0) is 36.0 Å². The maximum Gasteiger partial charge on any atom is 0.321 e. The Labute approximate surface area is 117 Å². The number of carbonyl (C=O) groups is 4. The van der Waals surface area contributed by atoms with Gasteiger partial charge in [0.1, 0.15) is 12.1 Å². The van der Waals surface area contributed by atoms with Gasteiger partial charge in [-0.25, -0.2) is 0 Å². The average Bonchev–Trinajstić information content (AvgIpc) is 2.16. The molecule has 0 fully saturated rings. The molecule has 113 valence electrons. The van der Waals surface area contributed by atoms with Crippen molar-refractivity contribution >= 4 is 23.9 Å². The summed E-state index contributed by atoms with van der Waals surface area (Å²) in [4.78, 5) is 39.2. The van der Waals surface area contributed by atoms with E-state index in [1.165, 1.54) is 0 Å². The van der Waals surface area contributed by atoms with Crippen molar-refractivity contribution in [2.24, 2.45) is 11.5 Å². The largest absolute Gasteiger partial charge is 0.481 e. The van der Waals surface area contributed by atoms with Crippen LogP contribution in [0.1, 0.15) is 12.8 Å². The fourth-order valence-corrected chi connectivity index (χ4v) is 0.551. The Balaban J connectivity index is -0.000000256. The smallest absolute Gasteiger partial charge is 0.321 e. The molecule has 0 bridgehead atoms. The predicted octanol–water partition coefficient (Wildman–Crippen LogP) is -2.26. The summed E-state index contributed by atoms with van der Waals surface area (Å²) in [5.41, 5.74) is 9.67. The zero-order valence-electron chi connectivity index (χ0n) is 9.48. The first-order valence-corrected chi connectivity index (χ1v) is 4.48. The van der Waals surface area contributed by atoms with Crippen molar-refractivity contribution in [1.29, 1.82) is 0 Å². The Morgan fingerprint density at radius 3 is 1.00 bits per heavy atom. The molecule has 0 aromatic carbocycles. The zero-order chi connectivity index (χ0) is 14.9. The Morgan fingerprint density at radius 1 is 0.737 bits per heavy atom. The second-order valence-corrected chi connectivity index (χ2v) is 3.09. The fourth-order valence-electron chi connectivity index (χ4n) is 0.551. The first-order valence-electron chi connectivity index (χ1n) is 4.48. The third kappa shape index (κ3) is 16.3. The third-order valence-corrected chi connectivity index (χ3v) is 1.42. The summed E-state index contributed by atoms with van der Waals surface area (Å²) < 4.78 is 0. The SMILES string of the molecule is N[C@@H](CC(=O)O)C(=O)O.N[C@@H](CC(=O)O)C(=O)O.[Co]. The predicted molar refractivity (Wildman–Crippen MR) is 55.7 cm³/mol. The number of aliphatic carboxylic acids is 4.